The van der Waals surface area contributed by atoms with E-state index in [2.05, 4.69) is 15.0 Å². The lowest BCUT2D eigenvalue weighted by Crippen LogP contribution is -2.08. The maximum Gasteiger partial charge on any atom is 0.387 e. The van der Waals surface area contributed by atoms with Crippen LogP contribution in [0.15, 0.2) is 24.4 Å². The molecule has 20 heavy (non-hydrogen) atoms. The summed E-state index contributed by atoms with van der Waals surface area (Å²) in [5, 5.41) is 17.5. The molecule has 8 heteroatoms. The van der Waals surface area contributed by atoms with E-state index in [1.807, 2.05) is 0 Å². The molecule has 2 rings (SSSR count). The van der Waals surface area contributed by atoms with Crippen molar-refractivity contribution in [2.24, 2.45) is 7.05 Å². The van der Waals surface area contributed by atoms with Crippen molar-refractivity contribution >= 4 is 0 Å². The number of benzene rings is 1. The van der Waals surface area contributed by atoms with Crippen LogP contribution >= 0.6 is 0 Å². The van der Waals surface area contributed by atoms with E-state index in [9.17, 15) is 13.9 Å². The summed E-state index contributed by atoms with van der Waals surface area (Å²) in [6, 6.07) is 4.29. The molecule has 0 radical (unpaired) electrons. The molecule has 0 spiro atoms. The summed E-state index contributed by atoms with van der Waals surface area (Å²) in [5.74, 6) is 0.0126. The smallest absolute Gasteiger partial charge is 0.387 e. The van der Waals surface area contributed by atoms with Crippen molar-refractivity contribution in [3.63, 3.8) is 0 Å². The Morgan fingerprint density at radius 1 is 1.30 bits per heavy atom. The molecule has 0 fully saturated rings. The molecule has 108 valence electrons. The summed E-state index contributed by atoms with van der Waals surface area (Å²) >= 11 is 0. The van der Waals surface area contributed by atoms with Gasteiger partial charge in [-0.25, -0.2) is 4.68 Å². The fourth-order valence-corrected chi connectivity index (χ4v) is 1.77. The van der Waals surface area contributed by atoms with E-state index >= 15 is 0 Å². The van der Waals surface area contributed by atoms with Gasteiger partial charge in [-0.3, -0.25) is 0 Å². The standard InChI is InChI=1S/C12H13F2N3O3/c1-17-8(6-15-16-17)11(18)7-3-4-9(19-2)10(5-7)20-12(13)14/h3-6,11-12,18H,1-2H3. The Labute approximate surface area is 113 Å². The summed E-state index contributed by atoms with van der Waals surface area (Å²) in [7, 11) is 2.96. The van der Waals surface area contributed by atoms with Crippen molar-refractivity contribution < 1.29 is 23.4 Å². The van der Waals surface area contributed by atoms with Gasteiger partial charge in [0.1, 0.15) is 6.10 Å². The van der Waals surface area contributed by atoms with Crippen molar-refractivity contribution in [3.8, 4) is 11.5 Å². The Balaban J connectivity index is 2.35. The van der Waals surface area contributed by atoms with Gasteiger partial charge in [-0.05, 0) is 17.7 Å². The number of alkyl halides is 2. The average molecular weight is 285 g/mol. The summed E-state index contributed by atoms with van der Waals surface area (Å²) in [6.07, 6.45) is 0.337. The Bertz CT molecular complexity index is 589. The zero-order valence-corrected chi connectivity index (χ0v) is 10.8. The minimum absolute atomic E-state index is 0.144. The highest BCUT2D eigenvalue weighted by Gasteiger charge is 2.18. The number of halogens is 2. The number of methoxy groups -OCH3 is 1. The molecule has 0 saturated heterocycles. The first-order valence-electron chi connectivity index (χ1n) is 5.68. The van der Waals surface area contributed by atoms with Gasteiger partial charge >= 0.3 is 6.61 Å². The lowest BCUT2D eigenvalue weighted by atomic mass is 10.1. The minimum atomic E-state index is -2.98. The molecule has 0 bridgehead atoms. The molecular formula is C12H13F2N3O3. The van der Waals surface area contributed by atoms with Gasteiger partial charge in [0.05, 0.1) is 19.0 Å². The molecule has 1 N–H and O–H groups in total. The average Bonchev–Trinajstić information content (AvgIpc) is 2.83. The van der Waals surface area contributed by atoms with E-state index in [4.69, 9.17) is 4.74 Å². The normalized spacial score (nSPS) is 12.5. The van der Waals surface area contributed by atoms with E-state index in [-0.39, 0.29) is 11.5 Å². The van der Waals surface area contributed by atoms with Crippen LogP contribution in [0.1, 0.15) is 17.4 Å². The number of aliphatic hydroxyl groups is 1. The van der Waals surface area contributed by atoms with Crippen LogP contribution < -0.4 is 9.47 Å². The number of aliphatic hydroxyl groups excluding tert-OH is 1. The van der Waals surface area contributed by atoms with Gasteiger partial charge in [0.15, 0.2) is 11.5 Å². The second kappa shape index (κ2) is 5.83. The zero-order valence-electron chi connectivity index (χ0n) is 10.8. The summed E-state index contributed by atoms with van der Waals surface area (Å²) in [5.41, 5.74) is 0.796. The maximum absolute atomic E-state index is 12.3. The zero-order chi connectivity index (χ0) is 14.7. The predicted molar refractivity (Wildman–Crippen MR) is 64.7 cm³/mol. The number of ether oxygens (including phenoxy) is 2. The molecule has 1 unspecified atom stereocenters. The quantitative estimate of drug-likeness (QED) is 0.901. The summed E-state index contributed by atoms with van der Waals surface area (Å²) in [4.78, 5) is 0. The predicted octanol–water partition coefficient (Wildman–Crippen LogP) is 1.51. The highest BCUT2D eigenvalue weighted by atomic mass is 19.3. The first-order chi connectivity index (χ1) is 9.52. The van der Waals surface area contributed by atoms with Crippen molar-refractivity contribution in [1.29, 1.82) is 0 Å². The SMILES string of the molecule is COc1ccc(C(O)c2cnnn2C)cc1OC(F)F. The minimum Gasteiger partial charge on any atom is -0.493 e. The molecule has 1 atom stereocenters. The Kier molecular flexibility index (Phi) is 4.14. The van der Waals surface area contributed by atoms with Gasteiger partial charge in [-0.1, -0.05) is 11.3 Å². The van der Waals surface area contributed by atoms with Crippen LogP contribution in [0.25, 0.3) is 0 Å². The first kappa shape index (κ1) is 14.2. The molecule has 0 amide bonds. The molecule has 0 aliphatic carbocycles. The van der Waals surface area contributed by atoms with E-state index in [1.54, 1.807) is 13.1 Å². The topological polar surface area (TPSA) is 69.4 Å². The molecular weight excluding hydrogens is 272 g/mol. The Hall–Kier alpha value is -2.22. The van der Waals surface area contributed by atoms with Crippen LogP contribution in [0.4, 0.5) is 8.78 Å². The maximum atomic E-state index is 12.3. The second-order valence-corrected chi connectivity index (χ2v) is 3.97. The van der Waals surface area contributed by atoms with Gasteiger partial charge in [0.2, 0.25) is 0 Å². The molecule has 2 aromatic rings. The Morgan fingerprint density at radius 3 is 2.60 bits per heavy atom. The highest BCUT2D eigenvalue weighted by Crippen LogP contribution is 2.33. The van der Waals surface area contributed by atoms with Crippen LogP contribution in [0, 0.1) is 0 Å². The number of aryl methyl sites for hydroxylation is 1. The monoisotopic (exact) mass is 285 g/mol. The van der Waals surface area contributed by atoms with Gasteiger partial charge in [-0.15, -0.1) is 5.10 Å². The summed E-state index contributed by atoms with van der Waals surface area (Å²) in [6.45, 7) is -2.98. The van der Waals surface area contributed by atoms with E-state index in [0.29, 0.717) is 11.3 Å². The van der Waals surface area contributed by atoms with Gasteiger partial charge in [0, 0.05) is 7.05 Å². The van der Waals surface area contributed by atoms with Crippen LogP contribution in [0.5, 0.6) is 11.5 Å². The lowest BCUT2D eigenvalue weighted by Gasteiger charge is -2.14. The lowest BCUT2D eigenvalue weighted by molar-refractivity contribution is -0.0513. The number of nitrogens with zero attached hydrogens (tertiary/aromatic N) is 3. The fourth-order valence-electron chi connectivity index (χ4n) is 1.77. The third-order valence-corrected chi connectivity index (χ3v) is 2.75. The number of hydrogen-bond donors (Lipinski definition) is 1. The van der Waals surface area contributed by atoms with E-state index < -0.39 is 12.7 Å². The molecule has 1 aromatic heterocycles. The van der Waals surface area contributed by atoms with Crippen molar-refractivity contribution in [3.05, 3.63) is 35.7 Å². The molecule has 0 aliphatic rings. The molecule has 6 nitrogen and oxygen atoms in total. The van der Waals surface area contributed by atoms with Gasteiger partial charge in [0.25, 0.3) is 0 Å². The van der Waals surface area contributed by atoms with Crippen LogP contribution in [0.2, 0.25) is 0 Å². The molecule has 1 heterocycles. The van der Waals surface area contributed by atoms with Gasteiger partial charge < -0.3 is 14.6 Å². The molecule has 1 aromatic carbocycles. The third kappa shape index (κ3) is 2.85. The first-order valence-corrected chi connectivity index (χ1v) is 5.68. The van der Waals surface area contributed by atoms with Crippen molar-refractivity contribution in [1.82, 2.24) is 15.0 Å². The van der Waals surface area contributed by atoms with Gasteiger partial charge in [-0.2, -0.15) is 8.78 Å². The molecule has 0 saturated carbocycles. The molecule has 0 aliphatic heterocycles. The van der Waals surface area contributed by atoms with Crippen LogP contribution in [0.3, 0.4) is 0 Å². The van der Waals surface area contributed by atoms with Crippen molar-refractivity contribution in [2.75, 3.05) is 7.11 Å². The summed E-state index contributed by atoms with van der Waals surface area (Å²) < 4.78 is 35.4. The number of aromatic nitrogens is 3. The van der Waals surface area contributed by atoms with E-state index in [0.717, 1.165) is 0 Å². The Morgan fingerprint density at radius 2 is 2.05 bits per heavy atom. The number of hydrogen-bond acceptors (Lipinski definition) is 5. The van der Waals surface area contributed by atoms with Crippen LogP contribution in [-0.2, 0) is 7.05 Å². The van der Waals surface area contributed by atoms with Crippen molar-refractivity contribution in [2.45, 2.75) is 12.7 Å². The number of rotatable bonds is 5. The van der Waals surface area contributed by atoms with Crippen LogP contribution in [-0.4, -0.2) is 33.8 Å². The van der Waals surface area contributed by atoms with E-state index in [1.165, 1.54) is 30.1 Å². The largest absolute Gasteiger partial charge is 0.493 e. The third-order valence-electron chi connectivity index (χ3n) is 2.75. The second-order valence-electron chi connectivity index (χ2n) is 3.97. The highest BCUT2D eigenvalue weighted by molar-refractivity contribution is 5.44. The fraction of sp³-hybridized carbons (Fsp3) is 0.333.